The predicted molar refractivity (Wildman–Crippen MR) is 70.2 cm³/mol. The van der Waals surface area contributed by atoms with Gasteiger partial charge in [-0.25, -0.2) is 4.39 Å². The van der Waals surface area contributed by atoms with Crippen molar-refractivity contribution in [2.75, 3.05) is 7.05 Å². The van der Waals surface area contributed by atoms with Crippen LogP contribution in [0, 0.1) is 26.6 Å². The molecule has 1 aromatic carbocycles. The van der Waals surface area contributed by atoms with Crippen molar-refractivity contribution in [2.24, 2.45) is 0 Å². The molecule has 1 heterocycles. The first-order valence-corrected chi connectivity index (χ1v) is 6.04. The second-order valence-corrected chi connectivity index (χ2v) is 4.50. The topological polar surface area (TPSA) is 25.2 Å². The zero-order chi connectivity index (χ0) is 13.3. The molecule has 0 saturated heterocycles. The van der Waals surface area contributed by atoms with Crippen molar-refractivity contribution in [3.05, 3.63) is 58.3 Å². The molecule has 0 aliphatic rings. The lowest BCUT2D eigenvalue weighted by molar-refractivity contribution is 0.494. The van der Waals surface area contributed by atoms with Gasteiger partial charge in [0, 0.05) is 11.1 Å². The van der Waals surface area contributed by atoms with E-state index in [0.29, 0.717) is 5.56 Å². The van der Waals surface area contributed by atoms with Crippen LogP contribution in [0.25, 0.3) is 0 Å². The van der Waals surface area contributed by atoms with E-state index in [2.05, 4.69) is 5.32 Å². The fourth-order valence-corrected chi connectivity index (χ4v) is 2.40. The minimum Gasteiger partial charge on any atom is -0.466 e. The van der Waals surface area contributed by atoms with Gasteiger partial charge in [-0.1, -0.05) is 18.2 Å². The highest BCUT2D eigenvalue weighted by Gasteiger charge is 2.23. The van der Waals surface area contributed by atoms with Gasteiger partial charge in [0.15, 0.2) is 0 Å². The first-order chi connectivity index (χ1) is 8.56. The Kier molecular flexibility index (Phi) is 3.53. The molecule has 0 spiro atoms. The maximum Gasteiger partial charge on any atom is 0.128 e. The molecule has 96 valence electrons. The van der Waals surface area contributed by atoms with Crippen LogP contribution in [0.1, 0.15) is 34.3 Å². The third kappa shape index (κ3) is 2.06. The smallest absolute Gasteiger partial charge is 0.128 e. The Bertz CT molecular complexity index is 560. The number of aryl methyl sites for hydroxylation is 2. The highest BCUT2D eigenvalue weighted by molar-refractivity contribution is 5.40. The normalized spacial score (nSPS) is 12.7. The second kappa shape index (κ2) is 4.94. The average molecular weight is 247 g/mol. The van der Waals surface area contributed by atoms with Crippen molar-refractivity contribution in [1.82, 2.24) is 5.32 Å². The fraction of sp³-hybridized carbons (Fsp3) is 0.333. The van der Waals surface area contributed by atoms with Crippen LogP contribution in [-0.2, 0) is 0 Å². The van der Waals surface area contributed by atoms with Gasteiger partial charge in [0.25, 0.3) is 0 Å². The second-order valence-electron chi connectivity index (χ2n) is 4.50. The summed E-state index contributed by atoms with van der Waals surface area (Å²) in [5.41, 5.74) is 2.75. The highest BCUT2D eigenvalue weighted by atomic mass is 19.1. The number of halogens is 1. The maximum atomic E-state index is 13.9. The van der Waals surface area contributed by atoms with Gasteiger partial charge in [0.05, 0.1) is 6.04 Å². The molecule has 1 atom stereocenters. The fourth-order valence-electron chi connectivity index (χ4n) is 2.40. The highest BCUT2D eigenvalue weighted by Crippen LogP contribution is 2.32. The van der Waals surface area contributed by atoms with E-state index < -0.39 is 0 Å². The van der Waals surface area contributed by atoms with Gasteiger partial charge >= 0.3 is 0 Å². The Labute approximate surface area is 107 Å². The van der Waals surface area contributed by atoms with E-state index >= 15 is 0 Å². The van der Waals surface area contributed by atoms with Crippen LogP contribution in [-0.4, -0.2) is 7.05 Å². The largest absolute Gasteiger partial charge is 0.466 e. The molecule has 0 bridgehead atoms. The van der Waals surface area contributed by atoms with Gasteiger partial charge in [-0.15, -0.1) is 0 Å². The monoisotopic (exact) mass is 247 g/mol. The minimum absolute atomic E-state index is 0.177. The number of rotatable bonds is 3. The molecule has 2 nitrogen and oxygen atoms in total. The number of nitrogens with one attached hydrogen (secondary N) is 1. The number of furan rings is 1. The number of benzene rings is 1. The molecule has 2 aromatic rings. The Morgan fingerprint density at radius 2 is 1.78 bits per heavy atom. The molecule has 1 N–H and O–H groups in total. The summed E-state index contributed by atoms with van der Waals surface area (Å²) in [7, 11) is 1.83. The first kappa shape index (κ1) is 12.8. The summed E-state index contributed by atoms with van der Waals surface area (Å²) in [6.45, 7) is 5.85. The molecular formula is C15H18FNO. The maximum absolute atomic E-state index is 13.9. The first-order valence-electron chi connectivity index (χ1n) is 6.04. The van der Waals surface area contributed by atoms with E-state index in [1.807, 2.05) is 33.9 Å². The van der Waals surface area contributed by atoms with Crippen LogP contribution >= 0.6 is 0 Å². The molecule has 0 aliphatic carbocycles. The van der Waals surface area contributed by atoms with Gasteiger partial charge in [0.1, 0.15) is 17.3 Å². The molecule has 3 heteroatoms. The average Bonchev–Trinajstić information content (AvgIpc) is 2.59. The zero-order valence-electron chi connectivity index (χ0n) is 11.2. The van der Waals surface area contributed by atoms with E-state index in [0.717, 1.165) is 22.6 Å². The molecule has 1 aromatic heterocycles. The number of hydrogen-bond donors (Lipinski definition) is 1. The summed E-state index contributed by atoms with van der Waals surface area (Å²) >= 11 is 0. The van der Waals surface area contributed by atoms with E-state index in [-0.39, 0.29) is 11.9 Å². The van der Waals surface area contributed by atoms with Crippen LogP contribution in [0.3, 0.4) is 0 Å². The molecule has 0 fully saturated rings. The Morgan fingerprint density at radius 3 is 2.28 bits per heavy atom. The van der Waals surface area contributed by atoms with Crippen LogP contribution in [0.15, 0.2) is 28.7 Å². The molecule has 2 rings (SSSR count). The molecule has 0 aliphatic heterocycles. The minimum atomic E-state index is -0.200. The summed E-state index contributed by atoms with van der Waals surface area (Å²) in [5, 5.41) is 3.17. The molecular weight excluding hydrogens is 229 g/mol. The summed E-state index contributed by atoms with van der Waals surface area (Å²) in [4.78, 5) is 0. The van der Waals surface area contributed by atoms with E-state index in [4.69, 9.17) is 4.42 Å². The van der Waals surface area contributed by atoms with Crippen molar-refractivity contribution in [2.45, 2.75) is 26.8 Å². The van der Waals surface area contributed by atoms with E-state index in [9.17, 15) is 4.39 Å². The van der Waals surface area contributed by atoms with Gasteiger partial charge in [-0.05, 0) is 39.4 Å². The lowest BCUT2D eigenvalue weighted by Crippen LogP contribution is -2.20. The Morgan fingerprint density at radius 1 is 1.11 bits per heavy atom. The van der Waals surface area contributed by atoms with Crippen LogP contribution < -0.4 is 5.32 Å². The van der Waals surface area contributed by atoms with Gasteiger partial charge < -0.3 is 9.73 Å². The molecule has 0 radical (unpaired) electrons. The summed E-state index contributed by atoms with van der Waals surface area (Å²) in [5.74, 6) is 1.53. The SMILES string of the molecule is CNC(c1ccccc1F)c1c(C)oc(C)c1C. The third-order valence-electron chi connectivity index (χ3n) is 3.41. The van der Waals surface area contributed by atoms with Crippen molar-refractivity contribution < 1.29 is 8.81 Å². The van der Waals surface area contributed by atoms with Crippen LogP contribution in [0.2, 0.25) is 0 Å². The predicted octanol–water partition coefficient (Wildman–Crippen LogP) is 3.65. The summed E-state index contributed by atoms with van der Waals surface area (Å²) in [6.07, 6.45) is 0. The zero-order valence-corrected chi connectivity index (χ0v) is 11.2. The van der Waals surface area contributed by atoms with Crippen LogP contribution in [0.4, 0.5) is 4.39 Å². The van der Waals surface area contributed by atoms with Gasteiger partial charge in [-0.3, -0.25) is 0 Å². The van der Waals surface area contributed by atoms with Crippen molar-refractivity contribution in [1.29, 1.82) is 0 Å². The van der Waals surface area contributed by atoms with Crippen molar-refractivity contribution in [3.63, 3.8) is 0 Å². The molecule has 18 heavy (non-hydrogen) atoms. The van der Waals surface area contributed by atoms with E-state index in [1.54, 1.807) is 12.1 Å². The third-order valence-corrected chi connectivity index (χ3v) is 3.41. The van der Waals surface area contributed by atoms with Gasteiger partial charge in [0.2, 0.25) is 0 Å². The summed E-state index contributed by atoms with van der Waals surface area (Å²) in [6, 6.07) is 6.66. The van der Waals surface area contributed by atoms with Gasteiger partial charge in [-0.2, -0.15) is 0 Å². The lowest BCUT2D eigenvalue weighted by atomic mass is 9.95. The molecule has 0 amide bonds. The molecule has 0 saturated carbocycles. The van der Waals surface area contributed by atoms with Crippen molar-refractivity contribution >= 4 is 0 Å². The van der Waals surface area contributed by atoms with Crippen molar-refractivity contribution in [3.8, 4) is 0 Å². The van der Waals surface area contributed by atoms with Crippen LogP contribution in [0.5, 0.6) is 0 Å². The Balaban J connectivity index is 2.56. The number of hydrogen-bond acceptors (Lipinski definition) is 2. The standard InChI is InChI=1S/C15H18FNO/c1-9-10(2)18-11(3)14(9)15(17-4)12-7-5-6-8-13(12)16/h5-8,15,17H,1-4H3. The molecule has 1 unspecified atom stereocenters. The lowest BCUT2D eigenvalue weighted by Gasteiger charge is -2.18. The summed E-state index contributed by atoms with van der Waals surface area (Å²) < 4.78 is 19.5. The van der Waals surface area contributed by atoms with E-state index in [1.165, 1.54) is 6.07 Å². The quantitative estimate of drug-likeness (QED) is 0.895. The Hall–Kier alpha value is -1.61.